The van der Waals surface area contributed by atoms with Crippen LogP contribution in [0.1, 0.15) is 11.1 Å². The predicted octanol–water partition coefficient (Wildman–Crippen LogP) is 4.87. The second-order valence-electron chi connectivity index (χ2n) is 6.58. The largest absolute Gasteiger partial charge is 0.497 e. The fraction of sp³-hybridized carbons (Fsp3) is 0.125. The SMILES string of the molecule is COc1cccc(-c2cc(OC)c(OC)cc2C=C2C(=O)Nc3ccccc32)c1. The van der Waals surface area contributed by atoms with Gasteiger partial charge in [-0.2, -0.15) is 0 Å². The number of hydrogen-bond acceptors (Lipinski definition) is 4. The van der Waals surface area contributed by atoms with Crippen LogP contribution in [-0.4, -0.2) is 27.2 Å². The highest BCUT2D eigenvalue weighted by atomic mass is 16.5. The summed E-state index contributed by atoms with van der Waals surface area (Å²) in [5.41, 5.74) is 5.00. The fourth-order valence-corrected chi connectivity index (χ4v) is 3.49. The maximum Gasteiger partial charge on any atom is 0.256 e. The third kappa shape index (κ3) is 3.43. The van der Waals surface area contributed by atoms with Crippen molar-refractivity contribution in [2.75, 3.05) is 26.6 Å². The summed E-state index contributed by atoms with van der Waals surface area (Å²) in [7, 11) is 4.83. The number of methoxy groups -OCH3 is 3. The molecule has 4 rings (SSSR count). The summed E-state index contributed by atoms with van der Waals surface area (Å²) >= 11 is 0. The summed E-state index contributed by atoms with van der Waals surface area (Å²) in [6, 6.07) is 19.2. The Bertz CT molecular complexity index is 1120. The van der Waals surface area contributed by atoms with Gasteiger partial charge in [0, 0.05) is 16.8 Å². The Balaban J connectivity index is 1.93. The summed E-state index contributed by atoms with van der Waals surface area (Å²) in [4.78, 5) is 12.6. The number of para-hydroxylation sites is 1. The Morgan fingerprint density at radius 3 is 2.31 bits per heavy atom. The maximum atomic E-state index is 12.6. The molecule has 0 unspecified atom stereocenters. The molecule has 0 aliphatic carbocycles. The molecule has 0 fully saturated rings. The van der Waals surface area contributed by atoms with Gasteiger partial charge in [-0.15, -0.1) is 0 Å². The first kappa shape index (κ1) is 18.6. The number of carbonyl (C=O) groups excluding carboxylic acids is 1. The molecule has 1 aliphatic heterocycles. The van der Waals surface area contributed by atoms with E-state index in [9.17, 15) is 4.79 Å². The molecule has 1 aliphatic rings. The van der Waals surface area contributed by atoms with Gasteiger partial charge < -0.3 is 19.5 Å². The van der Waals surface area contributed by atoms with E-state index >= 15 is 0 Å². The van der Waals surface area contributed by atoms with Crippen molar-refractivity contribution in [3.8, 4) is 28.4 Å². The number of carbonyl (C=O) groups is 1. The van der Waals surface area contributed by atoms with Gasteiger partial charge in [-0.25, -0.2) is 0 Å². The number of rotatable bonds is 5. The van der Waals surface area contributed by atoms with Crippen molar-refractivity contribution >= 4 is 23.2 Å². The molecule has 3 aromatic carbocycles. The summed E-state index contributed by atoms with van der Waals surface area (Å²) in [5.74, 6) is 1.83. The monoisotopic (exact) mass is 387 g/mol. The quantitative estimate of drug-likeness (QED) is 0.635. The lowest BCUT2D eigenvalue weighted by Crippen LogP contribution is -2.03. The van der Waals surface area contributed by atoms with E-state index in [1.54, 1.807) is 21.3 Å². The van der Waals surface area contributed by atoms with Crippen LogP contribution >= 0.6 is 0 Å². The Labute approximate surface area is 169 Å². The lowest BCUT2D eigenvalue weighted by molar-refractivity contribution is -0.110. The highest BCUT2D eigenvalue weighted by Gasteiger charge is 2.24. The molecule has 1 amide bonds. The van der Waals surface area contributed by atoms with Gasteiger partial charge in [-0.3, -0.25) is 4.79 Å². The lowest BCUT2D eigenvalue weighted by Gasteiger charge is -2.14. The Morgan fingerprint density at radius 2 is 1.55 bits per heavy atom. The van der Waals surface area contributed by atoms with E-state index in [2.05, 4.69) is 5.32 Å². The minimum atomic E-state index is -0.127. The molecule has 0 aromatic heterocycles. The van der Waals surface area contributed by atoms with Gasteiger partial charge in [0.05, 0.1) is 21.3 Å². The topological polar surface area (TPSA) is 56.8 Å². The Kier molecular flexibility index (Phi) is 4.96. The van der Waals surface area contributed by atoms with Crippen molar-refractivity contribution in [1.82, 2.24) is 0 Å². The predicted molar refractivity (Wildman–Crippen MR) is 114 cm³/mol. The second-order valence-corrected chi connectivity index (χ2v) is 6.58. The zero-order valence-corrected chi connectivity index (χ0v) is 16.5. The maximum absolute atomic E-state index is 12.6. The van der Waals surface area contributed by atoms with Crippen LogP contribution in [0.25, 0.3) is 22.8 Å². The standard InChI is InChI=1S/C24H21NO4/c1-27-17-8-6-7-15(11-17)19-14-23(29-3)22(28-2)13-16(19)12-20-18-9-4-5-10-21(18)25-24(20)26/h4-14H,1-3H3,(H,25,26). The summed E-state index contributed by atoms with van der Waals surface area (Å²) in [6.07, 6.45) is 1.89. The zero-order chi connectivity index (χ0) is 20.4. The van der Waals surface area contributed by atoms with Crippen molar-refractivity contribution in [1.29, 1.82) is 0 Å². The molecular formula is C24H21NO4. The highest BCUT2D eigenvalue weighted by Crippen LogP contribution is 2.40. The molecule has 0 saturated carbocycles. The van der Waals surface area contributed by atoms with E-state index in [1.807, 2.05) is 66.7 Å². The van der Waals surface area contributed by atoms with Crippen LogP contribution in [0.4, 0.5) is 5.69 Å². The molecular weight excluding hydrogens is 366 g/mol. The number of fused-ring (bicyclic) bond motifs is 1. The Morgan fingerprint density at radius 1 is 0.793 bits per heavy atom. The van der Waals surface area contributed by atoms with Crippen molar-refractivity contribution < 1.29 is 19.0 Å². The summed E-state index contributed by atoms with van der Waals surface area (Å²) in [5, 5.41) is 2.91. The molecule has 0 bridgehead atoms. The van der Waals surface area contributed by atoms with Crippen LogP contribution in [0.2, 0.25) is 0 Å². The minimum absolute atomic E-state index is 0.127. The van der Waals surface area contributed by atoms with Gasteiger partial charge in [-0.05, 0) is 53.1 Å². The number of ether oxygens (including phenoxy) is 3. The molecule has 1 heterocycles. The third-order valence-corrected chi connectivity index (χ3v) is 4.95. The van der Waals surface area contributed by atoms with Gasteiger partial charge in [0.15, 0.2) is 11.5 Å². The first-order chi connectivity index (χ1) is 14.1. The van der Waals surface area contributed by atoms with E-state index in [0.29, 0.717) is 17.1 Å². The average Bonchev–Trinajstić information content (AvgIpc) is 3.08. The molecule has 0 radical (unpaired) electrons. The first-order valence-corrected chi connectivity index (χ1v) is 9.17. The molecule has 3 aromatic rings. The minimum Gasteiger partial charge on any atom is -0.497 e. The van der Waals surface area contributed by atoms with Crippen LogP contribution in [-0.2, 0) is 4.79 Å². The Hall–Kier alpha value is -3.73. The smallest absolute Gasteiger partial charge is 0.256 e. The van der Waals surface area contributed by atoms with Crippen molar-refractivity contribution in [2.24, 2.45) is 0 Å². The fourth-order valence-electron chi connectivity index (χ4n) is 3.49. The second kappa shape index (κ2) is 7.72. The summed E-state index contributed by atoms with van der Waals surface area (Å²) < 4.78 is 16.4. The van der Waals surface area contributed by atoms with Crippen molar-refractivity contribution in [3.63, 3.8) is 0 Å². The summed E-state index contributed by atoms with van der Waals surface area (Å²) in [6.45, 7) is 0. The average molecular weight is 387 g/mol. The lowest BCUT2D eigenvalue weighted by atomic mass is 9.95. The van der Waals surface area contributed by atoms with Crippen molar-refractivity contribution in [3.05, 3.63) is 71.8 Å². The number of nitrogens with one attached hydrogen (secondary N) is 1. The molecule has 1 N–H and O–H groups in total. The van der Waals surface area contributed by atoms with E-state index < -0.39 is 0 Å². The van der Waals surface area contributed by atoms with E-state index in [0.717, 1.165) is 33.7 Å². The normalized spacial score (nSPS) is 13.8. The molecule has 5 nitrogen and oxygen atoms in total. The number of amides is 1. The van der Waals surface area contributed by atoms with Gasteiger partial charge in [0.25, 0.3) is 5.91 Å². The van der Waals surface area contributed by atoms with Crippen molar-refractivity contribution in [2.45, 2.75) is 0 Å². The molecule has 0 atom stereocenters. The van der Waals surface area contributed by atoms with Crippen LogP contribution in [0, 0.1) is 0 Å². The van der Waals surface area contributed by atoms with Gasteiger partial charge in [-0.1, -0.05) is 30.3 Å². The zero-order valence-electron chi connectivity index (χ0n) is 16.5. The van der Waals surface area contributed by atoms with Gasteiger partial charge in [0.2, 0.25) is 0 Å². The molecule has 5 heteroatoms. The number of hydrogen-bond donors (Lipinski definition) is 1. The van der Waals surface area contributed by atoms with Gasteiger partial charge in [0.1, 0.15) is 5.75 Å². The highest BCUT2D eigenvalue weighted by molar-refractivity contribution is 6.35. The van der Waals surface area contributed by atoms with E-state index in [1.165, 1.54) is 0 Å². The van der Waals surface area contributed by atoms with E-state index in [4.69, 9.17) is 14.2 Å². The molecule has 29 heavy (non-hydrogen) atoms. The van der Waals surface area contributed by atoms with Crippen LogP contribution < -0.4 is 19.5 Å². The molecule has 0 saturated heterocycles. The molecule has 0 spiro atoms. The number of anilines is 1. The van der Waals surface area contributed by atoms with Crippen LogP contribution in [0.15, 0.2) is 60.7 Å². The van der Waals surface area contributed by atoms with Crippen LogP contribution in [0.5, 0.6) is 17.2 Å². The molecule has 146 valence electrons. The third-order valence-electron chi connectivity index (χ3n) is 4.95. The van der Waals surface area contributed by atoms with Gasteiger partial charge >= 0.3 is 0 Å². The van der Waals surface area contributed by atoms with E-state index in [-0.39, 0.29) is 5.91 Å². The first-order valence-electron chi connectivity index (χ1n) is 9.17. The van der Waals surface area contributed by atoms with Crippen LogP contribution in [0.3, 0.4) is 0 Å². The number of benzene rings is 3.